The molecule has 0 bridgehead atoms. The largest absolute Gasteiger partial charge is 0.466 e. The number of benzene rings is 1. The molecule has 0 saturated carbocycles. The van der Waals surface area contributed by atoms with Crippen molar-refractivity contribution in [3.8, 4) is 0 Å². The third-order valence-corrected chi connectivity index (χ3v) is 1.92. The highest BCUT2D eigenvalue weighted by atomic mass is 16.5. The van der Waals surface area contributed by atoms with Crippen LogP contribution in [0.5, 0.6) is 0 Å². The van der Waals surface area contributed by atoms with Gasteiger partial charge in [-0.1, -0.05) is 30.3 Å². The quantitative estimate of drug-likeness (QED) is 0.362. The zero-order chi connectivity index (χ0) is 11.8. The fourth-order valence-electron chi connectivity index (χ4n) is 1.05. The van der Waals surface area contributed by atoms with Gasteiger partial charge >= 0.3 is 5.97 Å². The second-order valence-corrected chi connectivity index (χ2v) is 3.05. The average molecular weight is 218 g/mol. The number of hydrazone groups is 1. The molecule has 0 heterocycles. The van der Waals surface area contributed by atoms with E-state index >= 15 is 0 Å². The number of rotatable bonds is 4. The number of carbonyl (C=O) groups is 1. The average Bonchev–Trinajstić information content (AvgIpc) is 2.35. The van der Waals surface area contributed by atoms with Crippen molar-refractivity contribution in [1.82, 2.24) is 5.43 Å². The molecule has 1 rings (SSSR count). The van der Waals surface area contributed by atoms with Crippen molar-refractivity contribution in [2.75, 3.05) is 7.11 Å². The SMILES string of the molecule is COC(=O)C=CNN=C(C)c1ccccc1. The van der Waals surface area contributed by atoms with Crippen LogP contribution in [-0.2, 0) is 9.53 Å². The number of nitrogens with zero attached hydrogens (tertiary/aromatic N) is 1. The van der Waals surface area contributed by atoms with E-state index in [0.29, 0.717) is 0 Å². The predicted octanol–water partition coefficient (Wildman–Crippen LogP) is 1.69. The second-order valence-electron chi connectivity index (χ2n) is 3.05. The van der Waals surface area contributed by atoms with Crippen molar-refractivity contribution in [2.45, 2.75) is 6.92 Å². The Labute approximate surface area is 94.6 Å². The van der Waals surface area contributed by atoms with Crippen LogP contribution in [0, 0.1) is 0 Å². The van der Waals surface area contributed by atoms with Gasteiger partial charge in [0.05, 0.1) is 12.8 Å². The molecule has 0 fully saturated rings. The lowest BCUT2D eigenvalue weighted by molar-refractivity contribution is -0.134. The summed E-state index contributed by atoms with van der Waals surface area (Å²) >= 11 is 0. The number of methoxy groups -OCH3 is 1. The van der Waals surface area contributed by atoms with Crippen LogP contribution in [0.15, 0.2) is 47.7 Å². The summed E-state index contributed by atoms with van der Waals surface area (Å²) in [6.45, 7) is 1.88. The number of hydrogen-bond acceptors (Lipinski definition) is 4. The van der Waals surface area contributed by atoms with E-state index in [4.69, 9.17) is 0 Å². The van der Waals surface area contributed by atoms with Gasteiger partial charge in [0.2, 0.25) is 0 Å². The Morgan fingerprint density at radius 1 is 1.38 bits per heavy atom. The molecule has 1 aromatic carbocycles. The second kappa shape index (κ2) is 6.40. The summed E-state index contributed by atoms with van der Waals surface area (Å²) in [5.74, 6) is -0.417. The molecule has 4 nitrogen and oxygen atoms in total. The zero-order valence-corrected chi connectivity index (χ0v) is 9.31. The van der Waals surface area contributed by atoms with Crippen molar-refractivity contribution in [1.29, 1.82) is 0 Å². The number of hydrogen-bond donors (Lipinski definition) is 1. The minimum atomic E-state index is -0.417. The number of esters is 1. The van der Waals surface area contributed by atoms with E-state index in [1.807, 2.05) is 37.3 Å². The van der Waals surface area contributed by atoms with Crippen molar-refractivity contribution in [3.05, 3.63) is 48.2 Å². The molecule has 0 saturated heterocycles. The van der Waals surface area contributed by atoms with E-state index in [-0.39, 0.29) is 0 Å². The van der Waals surface area contributed by atoms with E-state index in [1.54, 1.807) is 0 Å². The van der Waals surface area contributed by atoms with Crippen LogP contribution in [0.3, 0.4) is 0 Å². The molecule has 0 aliphatic rings. The van der Waals surface area contributed by atoms with Gasteiger partial charge in [0.15, 0.2) is 0 Å². The molecular formula is C12H14N2O2. The van der Waals surface area contributed by atoms with Crippen LogP contribution in [0.25, 0.3) is 0 Å². The predicted molar refractivity (Wildman–Crippen MR) is 62.9 cm³/mol. The van der Waals surface area contributed by atoms with Gasteiger partial charge in [-0.15, -0.1) is 0 Å². The topological polar surface area (TPSA) is 50.7 Å². The fourth-order valence-corrected chi connectivity index (χ4v) is 1.05. The first-order valence-electron chi connectivity index (χ1n) is 4.84. The van der Waals surface area contributed by atoms with Crippen LogP contribution in [0.2, 0.25) is 0 Å². The minimum absolute atomic E-state index is 0.417. The van der Waals surface area contributed by atoms with E-state index in [0.717, 1.165) is 11.3 Å². The summed E-state index contributed by atoms with van der Waals surface area (Å²) < 4.78 is 4.43. The Morgan fingerprint density at radius 3 is 2.69 bits per heavy atom. The Hall–Kier alpha value is -2.10. The standard InChI is InChI=1S/C12H14N2O2/c1-10(11-6-4-3-5-7-11)14-13-9-8-12(15)16-2/h3-9,13H,1-2H3. The molecular weight excluding hydrogens is 204 g/mol. The van der Waals surface area contributed by atoms with Crippen molar-refractivity contribution in [2.24, 2.45) is 5.10 Å². The summed E-state index contributed by atoms with van der Waals surface area (Å²) in [4.78, 5) is 10.7. The Morgan fingerprint density at radius 2 is 2.06 bits per heavy atom. The first-order valence-corrected chi connectivity index (χ1v) is 4.84. The van der Waals surface area contributed by atoms with Gasteiger partial charge in [0, 0.05) is 12.3 Å². The lowest BCUT2D eigenvalue weighted by Gasteiger charge is -1.99. The molecule has 0 spiro atoms. The molecule has 16 heavy (non-hydrogen) atoms. The van der Waals surface area contributed by atoms with Crippen LogP contribution in [0.4, 0.5) is 0 Å². The van der Waals surface area contributed by atoms with E-state index < -0.39 is 5.97 Å². The Balaban J connectivity index is 2.53. The normalized spacial score (nSPS) is 11.5. The summed E-state index contributed by atoms with van der Waals surface area (Å²) in [6, 6.07) is 9.76. The molecule has 4 heteroatoms. The van der Waals surface area contributed by atoms with Gasteiger partial charge in [-0.3, -0.25) is 5.43 Å². The first kappa shape index (κ1) is 12.0. The van der Waals surface area contributed by atoms with Crippen LogP contribution in [0.1, 0.15) is 12.5 Å². The van der Waals surface area contributed by atoms with Gasteiger partial charge in [-0.25, -0.2) is 4.79 Å². The third kappa shape index (κ3) is 3.96. The maximum absolute atomic E-state index is 10.7. The van der Waals surface area contributed by atoms with E-state index in [1.165, 1.54) is 19.4 Å². The zero-order valence-electron chi connectivity index (χ0n) is 9.31. The Kier molecular flexibility index (Phi) is 4.79. The molecule has 0 aromatic heterocycles. The highest BCUT2D eigenvalue weighted by Gasteiger charge is 1.93. The van der Waals surface area contributed by atoms with Gasteiger partial charge in [0.1, 0.15) is 0 Å². The van der Waals surface area contributed by atoms with Crippen molar-refractivity contribution in [3.63, 3.8) is 0 Å². The fraction of sp³-hybridized carbons (Fsp3) is 0.167. The summed E-state index contributed by atoms with van der Waals surface area (Å²) in [7, 11) is 1.32. The lowest BCUT2D eigenvalue weighted by Crippen LogP contribution is -2.04. The van der Waals surface area contributed by atoms with Crippen molar-refractivity contribution >= 4 is 11.7 Å². The monoisotopic (exact) mass is 218 g/mol. The maximum Gasteiger partial charge on any atom is 0.332 e. The summed E-state index contributed by atoms with van der Waals surface area (Å²) in [5, 5.41) is 4.07. The molecule has 0 amide bonds. The molecule has 84 valence electrons. The molecule has 0 aliphatic carbocycles. The maximum atomic E-state index is 10.7. The Bertz CT molecular complexity index is 397. The van der Waals surface area contributed by atoms with Crippen LogP contribution < -0.4 is 5.43 Å². The van der Waals surface area contributed by atoms with Crippen LogP contribution >= 0.6 is 0 Å². The minimum Gasteiger partial charge on any atom is -0.466 e. The highest BCUT2D eigenvalue weighted by Crippen LogP contribution is 1.99. The van der Waals surface area contributed by atoms with E-state index in [2.05, 4.69) is 15.3 Å². The molecule has 1 aromatic rings. The van der Waals surface area contributed by atoms with Crippen LogP contribution in [-0.4, -0.2) is 18.8 Å². The first-order chi connectivity index (χ1) is 7.74. The number of ether oxygens (including phenoxy) is 1. The van der Waals surface area contributed by atoms with Gasteiger partial charge < -0.3 is 4.74 Å². The summed E-state index contributed by atoms with van der Waals surface area (Å²) in [6.07, 6.45) is 2.69. The van der Waals surface area contributed by atoms with Gasteiger partial charge in [-0.05, 0) is 12.5 Å². The third-order valence-electron chi connectivity index (χ3n) is 1.92. The molecule has 0 aliphatic heterocycles. The number of nitrogens with one attached hydrogen (secondary N) is 1. The van der Waals surface area contributed by atoms with E-state index in [9.17, 15) is 4.79 Å². The summed E-state index contributed by atoms with van der Waals surface area (Å²) in [5.41, 5.74) is 4.53. The van der Waals surface area contributed by atoms with Gasteiger partial charge in [-0.2, -0.15) is 5.10 Å². The molecule has 0 radical (unpaired) electrons. The molecule has 0 atom stereocenters. The smallest absolute Gasteiger partial charge is 0.332 e. The van der Waals surface area contributed by atoms with Crippen molar-refractivity contribution < 1.29 is 9.53 Å². The highest BCUT2D eigenvalue weighted by molar-refractivity contribution is 5.98. The van der Waals surface area contributed by atoms with Gasteiger partial charge in [0.25, 0.3) is 0 Å². The number of carbonyl (C=O) groups excluding carboxylic acids is 1. The lowest BCUT2D eigenvalue weighted by atomic mass is 10.1. The molecule has 0 unspecified atom stereocenters. The molecule has 1 N–H and O–H groups in total.